The molecule has 0 aromatic heterocycles. The molecule has 0 radical (unpaired) electrons. The second-order valence-corrected chi connectivity index (χ2v) is 7.35. The first-order valence-electron chi connectivity index (χ1n) is 6.29. The maximum Gasteiger partial charge on any atom is 0.209 e. The van der Waals surface area contributed by atoms with Crippen LogP contribution >= 0.6 is 15.9 Å². The number of halogens is 2. The fourth-order valence-corrected chi connectivity index (χ4v) is 3.65. The third-order valence-corrected chi connectivity index (χ3v) is 5.10. The van der Waals surface area contributed by atoms with Gasteiger partial charge >= 0.3 is 0 Å². The largest absolute Gasteiger partial charge is 0.492 e. The molecule has 0 aliphatic carbocycles. The molecule has 2 N–H and O–H groups in total. The molecular formula is C13H19BrFNO3S. The second-order valence-electron chi connectivity index (χ2n) is 4.88. The van der Waals surface area contributed by atoms with E-state index < -0.39 is 21.3 Å². The zero-order valence-electron chi connectivity index (χ0n) is 11.5. The summed E-state index contributed by atoms with van der Waals surface area (Å²) in [7, 11) is -3.59. The Morgan fingerprint density at radius 2 is 1.95 bits per heavy atom. The zero-order chi connectivity index (χ0) is 15.4. The van der Waals surface area contributed by atoms with Crippen molar-refractivity contribution >= 4 is 26.0 Å². The smallest absolute Gasteiger partial charge is 0.209 e. The molecule has 1 aromatic rings. The molecule has 4 nitrogen and oxygen atoms in total. The minimum absolute atomic E-state index is 0.153. The summed E-state index contributed by atoms with van der Waals surface area (Å²) in [5.41, 5.74) is -0.570. The molecule has 114 valence electrons. The fraction of sp³-hybridized carbons (Fsp3) is 0.538. The van der Waals surface area contributed by atoms with Gasteiger partial charge in [-0.3, -0.25) is 0 Å². The van der Waals surface area contributed by atoms with Crippen molar-refractivity contribution in [3.8, 4) is 5.75 Å². The van der Waals surface area contributed by atoms with E-state index in [0.29, 0.717) is 23.1 Å². The topological polar surface area (TPSA) is 69.4 Å². The van der Waals surface area contributed by atoms with E-state index in [4.69, 9.17) is 9.88 Å². The van der Waals surface area contributed by atoms with Crippen molar-refractivity contribution in [1.82, 2.24) is 0 Å². The van der Waals surface area contributed by atoms with E-state index in [9.17, 15) is 12.8 Å². The molecule has 0 bridgehead atoms. The van der Waals surface area contributed by atoms with Crippen LogP contribution in [0.4, 0.5) is 4.39 Å². The van der Waals surface area contributed by atoms with Gasteiger partial charge in [0.1, 0.15) is 11.6 Å². The lowest BCUT2D eigenvalue weighted by molar-refractivity contribution is 0.153. The Balaban J connectivity index is 2.89. The van der Waals surface area contributed by atoms with Crippen LogP contribution in [0.2, 0.25) is 0 Å². The molecule has 1 aromatic carbocycles. The van der Waals surface area contributed by atoms with Gasteiger partial charge in [0, 0.05) is 11.5 Å². The second kappa shape index (κ2) is 6.87. The summed E-state index contributed by atoms with van der Waals surface area (Å²) in [4.78, 5) is 0. The Kier molecular flexibility index (Phi) is 5.97. The highest BCUT2D eigenvalue weighted by Crippen LogP contribution is 2.32. The first kappa shape index (κ1) is 17.4. The van der Waals surface area contributed by atoms with Crippen molar-refractivity contribution in [2.45, 2.75) is 26.7 Å². The van der Waals surface area contributed by atoms with Crippen LogP contribution in [0.25, 0.3) is 0 Å². The van der Waals surface area contributed by atoms with Crippen LogP contribution in [0.5, 0.6) is 5.75 Å². The van der Waals surface area contributed by atoms with Crippen LogP contribution in [-0.4, -0.2) is 20.8 Å². The molecule has 0 heterocycles. The average molecular weight is 368 g/mol. The summed E-state index contributed by atoms with van der Waals surface area (Å²) in [6.07, 6.45) is 1.21. The molecule has 0 saturated carbocycles. The lowest BCUT2D eigenvalue weighted by atomic mass is 9.85. The first-order chi connectivity index (χ1) is 9.21. The fourth-order valence-electron chi connectivity index (χ4n) is 1.95. The highest BCUT2D eigenvalue weighted by molar-refractivity contribution is 9.10. The maximum absolute atomic E-state index is 13.2. The van der Waals surface area contributed by atoms with E-state index in [0.717, 1.165) is 0 Å². The lowest BCUT2D eigenvalue weighted by Gasteiger charge is -2.30. The molecule has 7 heteroatoms. The molecule has 0 amide bonds. The number of sulfonamides is 1. The van der Waals surface area contributed by atoms with Crippen molar-refractivity contribution in [1.29, 1.82) is 0 Å². The Morgan fingerprint density at radius 1 is 1.35 bits per heavy atom. The van der Waals surface area contributed by atoms with E-state index in [1.54, 1.807) is 6.07 Å². The maximum atomic E-state index is 13.2. The number of hydrogen-bond donors (Lipinski definition) is 1. The quantitative estimate of drug-likeness (QED) is 0.804. The highest BCUT2D eigenvalue weighted by atomic mass is 79.9. The van der Waals surface area contributed by atoms with Crippen LogP contribution < -0.4 is 9.88 Å². The molecule has 0 atom stereocenters. The molecule has 20 heavy (non-hydrogen) atoms. The molecule has 0 spiro atoms. The molecular weight excluding hydrogens is 349 g/mol. The van der Waals surface area contributed by atoms with Gasteiger partial charge in [-0.15, -0.1) is 0 Å². The molecule has 0 unspecified atom stereocenters. The van der Waals surface area contributed by atoms with Gasteiger partial charge in [0.25, 0.3) is 0 Å². The zero-order valence-corrected chi connectivity index (χ0v) is 13.9. The van der Waals surface area contributed by atoms with E-state index in [2.05, 4.69) is 15.9 Å². The highest BCUT2D eigenvalue weighted by Gasteiger charge is 2.32. The van der Waals surface area contributed by atoms with Crippen molar-refractivity contribution < 1.29 is 17.5 Å². The summed E-state index contributed by atoms with van der Waals surface area (Å²) in [6.45, 7) is 3.94. The Bertz CT molecular complexity index is 559. The summed E-state index contributed by atoms with van der Waals surface area (Å²) < 4.78 is 42.1. The average Bonchev–Trinajstić information content (AvgIpc) is 2.37. The Morgan fingerprint density at radius 3 is 2.45 bits per heavy atom. The third-order valence-electron chi connectivity index (χ3n) is 3.43. The van der Waals surface area contributed by atoms with Crippen molar-refractivity contribution in [2.24, 2.45) is 10.6 Å². The van der Waals surface area contributed by atoms with Gasteiger partial charge in [-0.05, 0) is 40.9 Å². The number of nitrogens with two attached hydrogens (primary N) is 1. The van der Waals surface area contributed by atoms with Crippen LogP contribution in [0.15, 0.2) is 22.7 Å². The van der Waals surface area contributed by atoms with Crippen molar-refractivity contribution in [2.75, 3.05) is 12.4 Å². The lowest BCUT2D eigenvalue weighted by Crippen LogP contribution is -2.37. The Labute approximate surface area is 127 Å². The molecule has 0 saturated heterocycles. The van der Waals surface area contributed by atoms with Gasteiger partial charge in [0.05, 0.1) is 16.8 Å². The van der Waals surface area contributed by atoms with Gasteiger partial charge in [-0.1, -0.05) is 13.8 Å². The van der Waals surface area contributed by atoms with E-state index in [1.807, 2.05) is 13.8 Å². The van der Waals surface area contributed by atoms with Gasteiger partial charge in [0.2, 0.25) is 10.0 Å². The number of primary sulfonamides is 1. The minimum atomic E-state index is -3.59. The van der Waals surface area contributed by atoms with Gasteiger partial charge in [0.15, 0.2) is 0 Å². The predicted molar refractivity (Wildman–Crippen MR) is 80.6 cm³/mol. The number of hydrogen-bond acceptors (Lipinski definition) is 3. The summed E-state index contributed by atoms with van der Waals surface area (Å²) in [5.74, 6) is -0.209. The van der Waals surface area contributed by atoms with Crippen molar-refractivity contribution in [3.63, 3.8) is 0 Å². The monoisotopic (exact) mass is 367 g/mol. The van der Waals surface area contributed by atoms with Gasteiger partial charge in [-0.25, -0.2) is 17.9 Å². The normalized spacial score (nSPS) is 12.4. The summed E-state index contributed by atoms with van der Waals surface area (Å²) in [6, 6.07) is 4.12. The predicted octanol–water partition coefficient (Wildman–Crippen LogP) is 3.06. The number of ether oxygens (including phenoxy) is 1. The minimum Gasteiger partial charge on any atom is -0.492 e. The van der Waals surface area contributed by atoms with Gasteiger partial charge in [-0.2, -0.15) is 0 Å². The van der Waals surface area contributed by atoms with Gasteiger partial charge < -0.3 is 4.74 Å². The van der Waals surface area contributed by atoms with Crippen LogP contribution in [-0.2, 0) is 10.0 Å². The molecule has 1 rings (SSSR count). The summed E-state index contributed by atoms with van der Waals surface area (Å²) >= 11 is 3.27. The van der Waals surface area contributed by atoms with E-state index in [-0.39, 0.29) is 12.4 Å². The SMILES string of the molecule is CCC(CC)(COc1cc(F)ccc1Br)CS(N)(=O)=O. The number of benzene rings is 1. The summed E-state index contributed by atoms with van der Waals surface area (Å²) in [5, 5.41) is 5.14. The molecule has 0 fully saturated rings. The standard InChI is InChI=1S/C13H19BrFNO3S/c1-3-13(4-2,9-20(16,17)18)8-19-12-7-10(15)5-6-11(12)14/h5-7H,3-4,8-9H2,1-2H3,(H2,16,17,18). The van der Waals surface area contributed by atoms with Crippen molar-refractivity contribution in [3.05, 3.63) is 28.5 Å². The van der Waals surface area contributed by atoms with Crippen LogP contribution in [0.1, 0.15) is 26.7 Å². The van der Waals surface area contributed by atoms with E-state index in [1.165, 1.54) is 12.1 Å². The van der Waals surface area contributed by atoms with Crippen LogP contribution in [0.3, 0.4) is 0 Å². The third kappa shape index (κ3) is 5.03. The first-order valence-corrected chi connectivity index (χ1v) is 8.80. The number of rotatable bonds is 7. The van der Waals surface area contributed by atoms with Crippen LogP contribution in [0, 0.1) is 11.2 Å². The molecule has 0 aliphatic heterocycles. The van der Waals surface area contributed by atoms with E-state index >= 15 is 0 Å². The Hall–Kier alpha value is -0.660. The molecule has 0 aliphatic rings.